The van der Waals surface area contributed by atoms with Crippen molar-refractivity contribution in [2.24, 2.45) is 11.3 Å². The van der Waals surface area contributed by atoms with Crippen LogP contribution < -0.4 is 5.32 Å². The van der Waals surface area contributed by atoms with Gasteiger partial charge in [-0.15, -0.1) is 11.3 Å². The van der Waals surface area contributed by atoms with Crippen molar-refractivity contribution in [3.8, 4) is 0 Å². The zero-order chi connectivity index (χ0) is 13.9. The van der Waals surface area contributed by atoms with Crippen molar-refractivity contribution >= 4 is 27.3 Å². The molecule has 1 unspecified atom stereocenters. The maximum absolute atomic E-state index is 3.54. The third kappa shape index (κ3) is 4.55. The van der Waals surface area contributed by atoms with Crippen molar-refractivity contribution in [2.45, 2.75) is 33.2 Å². The molecule has 0 spiro atoms. The molecule has 0 amide bonds. The lowest BCUT2D eigenvalue weighted by Gasteiger charge is -2.40. The first kappa shape index (κ1) is 15.5. The average Bonchev–Trinajstić information content (AvgIpc) is 2.75. The molecule has 0 aliphatic carbocycles. The summed E-state index contributed by atoms with van der Waals surface area (Å²) >= 11 is 5.31. The third-order valence-electron chi connectivity index (χ3n) is 4.15. The van der Waals surface area contributed by atoms with Crippen molar-refractivity contribution < 1.29 is 0 Å². The predicted molar refractivity (Wildman–Crippen MR) is 87.7 cm³/mol. The van der Waals surface area contributed by atoms with Crippen LogP contribution in [0.2, 0.25) is 0 Å². The van der Waals surface area contributed by atoms with Gasteiger partial charge in [0.05, 0.1) is 3.79 Å². The van der Waals surface area contributed by atoms with E-state index in [0.717, 1.165) is 19.0 Å². The number of nitrogens with one attached hydrogen (secondary N) is 1. The molecule has 0 radical (unpaired) electrons. The van der Waals surface area contributed by atoms with Gasteiger partial charge in [0.2, 0.25) is 0 Å². The van der Waals surface area contributed by atoms with Gasteiger partial charge in [-0.3, -0.25) is 0 Å². The van der Waals surface area contributed by atoms with Gasteiger partial charge in [0.1, 0.15) is 0 Å². The van der Waals surface area contributed by atoms with E-state index in [1.54, 1.807) is 11.3 Å². The van der Waals surface area contributed by atoms with Crippen molar-refractivity contribution in [3.63, 3.8) is 0 Å². The molecule has 1 aromatic heterocycles. The molecule has 0 aromatic carbocycles. The topological polar surface area (TPSA) is 15.3 Å². The van der Waals surface area contributed by atoms with Crippen molar-refractivity contribution in [2.75, 3.05) is 26.7 Å². The van der Waals surface area contributed by atoms with Crippen LogP contribution in [0.3, 0.4) is 0 Å². The Morgan fingerprint density at radius 1 is 1.53 bits per heavy atom. The highest BCUT2D eigenvalue weighted by Gasteiger charge is 2.31. The van der Waals surface area contributed by atoms with Gasteiger partial charge < -0.3 is 10.2 Å². The molecule has 0 saturated carbocycles. The minimum Gasteiger partial charge on any atom is -0.316 e. The van der Waals surface area contributed by atoms with Crippen LogP contribution in [0.25, 0.3) is 0 Å². The SMILES string of the molecule is CN(Cc1csc(Br)c1)CC(C)(C)C1CCCNC1. The molecule has 108 valence electrons. The lowest BCUT2D eigenvalue weighted by molar-refractivity contribution is 0.111. The smallest absolute Gasteiger partial charge is 0.0701 e. The molecule has 0 bridgehead atoms. The van der Waals surface area contributed by atoms with Crippen LogP contribution in [-0.2, 0) is 6.54 Å². The Morgan fingerprint density at radius 3 is 2.89 bits per heavy atom. The fraction of sp³-hybridized carbons (Fsp3) is 0.733. The minimum absolute atomic E-state index is 0.384. The fourth-order valence-electron chi connectivity index (χ4n) is 3.14. The van der Waals surface area contributed by atoms with E-state index in [4.69, 9.17) is 0 Å². The Kier molecular flexibility index (Phi) is 5.46. The van der Waals surface area contributed by atoms with Crippen molar-refractivity contribution in [3.05, 3.63) is 20.8 Å². The van der Waals surface area contributed by atoms with Gasteiger partial charge >= 0.3 is 0 Å². The molecule has 2 rings (SSSR count). The van der Waals surface area contributed by atoms with E-state index in [1.807, 2.05) is 0 Å². The molecular weight excluding hydrogens is 320 g/mol. The summed E-state index contributed by atoms with van der Waals surface area (Å²) in [6.07, 6.45) is 2.70. The van der Waals surface area contributed by atoms with E-state index in [9.17, 15) is 0 Å². The Bertz CT molecular complexity index is 397. The van der Waals surface area contributed by atoms with Crippen LogP contribution in [0.4, 0.5) is 0 Å². The van der Waals surface area contributed by atoms with Crippen LogP contribution in [0.15, 0.2) is 15.2 Å². The highest BCUT2D eigenvalue weighted by atomic mass is 79.9. The summed E-state index contributed by atoms with van der Waals surface area (Å²) in [7, 11) is 2.24. The van der Waals surface area contributed by atoms with Crippen molar-refractivity contribution in [1.29, 1.82) is 0 Å². The number of rotatable bonds is 5. The Balaban J connectivity index is 1.87. The van der Waals surface area contributed by atoms with Gasteiger partial charge in [-0.2, -0.15) is 0 Å². The maximum Gasteiger partial charge on any atom is 0.0701 e. The lowest BCUT2D eigenvalue weighted by Crippen LogP contribution is -2.43. The molecule has 1 saturated heterocycles. The first-order chi connectivity index (χ1) is 8.97. The second-order valence-corrected chi connectivity index (χ2v) is 8.75. The van der Waals surface area contributed by atoms with E-state index in [-0.39, 0.29) is 0 Å². The summed E-state index contributed by atoms with van der Waals surface area (Å²) < 4.78 is 1.23. The summed E-state index contributed by atoms with van der Waals surface area (Å²) in [6.45, 7) is 9.43. The van der Waals surface area contributed by atoms with Gasteiger partial charge in [0, 0.05) is 13.1 Å². The van der Waals surface area contributed by atoms with Gasteiger partial charge in [0.25, 0.3) is 0 Å². The predicted octanol–water partition coefficient (Wildman–Crippen LogP) is 3.97. The molecule has 1 aromatic rings. The Hall–Kier alpha value is 0.1000. The summed E-state index contributed by atoms with van der Waals surface area (Å²) in [5.41, 5.74) is 1.80. The number of piperidine rings is 1. The standard InChI is InChI=1S/C15H25BrN2S/c1-15(2,13-5-4-6-17-8-13)11-18(3)9-12-7-14(16)19-10-12/h7,10,13,17H,4-6,8-9,11H2,1-3H3. The first-order valence-corrected chi connectivity index (χ1v) is 8.77. The van der Waals surface area contributed by atoms with E-state index >= 15 is 0 Å². The minimum atomic E-state index is 0.384. The number of hydrogen-bond donors (Lipinski definition) is 1. The molecule has 4 heteroatoms. The molecule has 19 heavy (non-hydrogen) atoms. The van der Waals surface area contributed by atoms with Crippen LogP contribution in [-0.4, -0.2) is 31.6 Å². The summed E-state index contributed by atoms with van der Waals surface area (Å²) in [6, 6.07) is 2.23. The summed E-state index contributed by atoms with van der Waals surface area (Å²) in [5, 5.41) is 5.79. The first-order valence-electron chi connectivity index (χ1n) is 7.09. The monoisotopic (exact) mass is 344 g/mol. The highest BCUT2D eigenvalue weighted by Crippen LogP contribution is 2.33. The zero-order valence-corrected chi connectivity index (χ0v) is 14.6. The fourth-order valence-corrected chi connectivity index (χ4v) is 4.34. The maximum atomic E-state index is 3.54. The van der Waals surface area contributed by atoms with Gasteiger partial charge in [-0.1, -0.05) is 13.8 Å². The number of halogens is 1. The molecule has 2 heterocycles. The largest absolute Gasteiger partial charge is 0.316 e. The van der Waals surface area contributed by atoms with Crippen LogP contribution in [0.1, 0.15) is 32.3 Å². The van der Waals surface area contributed by atoms with Crippen LogP contribution >= 0.6 is 27.3 Å². The number of hydrogen-bond acceptors (Lipinski definition) is 3. The zero-order valence-electron chi connectivity index (χ0n) is 12.2. The summed E-state index contributed by atoms with van der Waals surface area (Å²) in [5.74, 6) is 0.804. The number of nitrogens with zero attached hydrogens (tertiary/aromatic N) is 1. The van der Waals surface area contributed by atoms with E-state index in [1.165, 1.54) is 35.3 Å². The number of thiophene rings is 1. The quantitative estimate of drug-likeness (QED) is 0.869. The van der Waals surface area contributed by atoms with E-state index in [0.29, 0.717) is 5.41 Å². The van der Waals surface area contributed by atoms with Crippen LogP contribution in [0.5, 0.6) is 0 Å². The third-order valence-corrected chi connectivity index (χ3v) is 5.71. The molecule has 1 atom stereocenters. The average molecular weight is 345 g/mol. The molecule has 1 aliphatic heterocycles. The molecule has 1 fully saturated rings. The lowest BCUT2D eigenvalue weighted by atomic mass is 9.74. The van der Waals surface area contributed by atoms with Crippen LogP contribution in [0, 0.1) is 11.3 Å². The molecule has 1 N–H and O–H groups in total. The summed E-state index contributed by atoms with van der Waals surface area (Å²) in [4.78, 5) is 2.46. The Morgan fingerprint density at radius 2 is 2.32 bits per heavy atom. The van der Waals surface area contributed by atoms with Crippen molar-refractivity contribution in [1.82, 2.24) is 10.2 Å². The molecule has 2 nitrogen and oxygen atoms in total. The van der Waals surface area contributed by atoms with Gasteiger partial charge in [-0.05, 0) is 77.3 Å². The molecular formula is C15H25BrN2S. The van der Waals surface area contributed by atoms with Gasteiger partial charge in [0.15, 0.2) is 0 Å². The van der Waals surface area contributed by atoms with E-state index in [2.05, 4.69) is 58.5 Å². The van der Waals surface area contributed by atoms with Gasteiger partial charge in [-0.25, -0.2) is 0 Å². The van der Waals surface area contributed by atoms with E-state index < -0.39 is 0 Å². The molecule has 1 aliphatic rings. The second-order valence-electron chi connectivity index (χ2n) is 6.46. The second kappa shape index (κ2) is 6.70. The highest BCUT2D eigenvalue weighted by molar-refractivity contribution is 9.11. The Labute approximate surface area is 129 Å². The normalized spacial score (nSPS) is 21.0.